The second-order valence-electron chi connectivity index (χ2n) is 5.10. The number of rotatable bonds is 2. The number of nitrogen functional groups attached to an aromatic ring is 1. The highest BCUT2D eigenvalue weighted by molar-refractivity contribution is 6.00. The van der Waals surface area contributed by atoms with Crippen molar-refractivity contribution in [2.75, 3.05) is 10.6 Å². The van der Waals surface area contributed by atoms with Gasteiger partial charge in [-0.05, 0) is 37.1 Å². The molecule has 1 aliphatic heterocycles. The molecule has 0 saturated heterocycles. The third kappa shape index (κ3) is 1.81. The summed E-state index contributed by atoms with van der Waals surface area (Å²) in [4.78, 5) is 13.5. The molecule has 4 heteroatoms. The Labute approximate surface area is 117 Å². The first kappa shape index (κ1) is 12.5. The van der Waals surface area contributed by atoms with Crippen LogP contribution in [-0.4, -0.2) is 17.1 Å². The molecule has 0 bridgehead atoms. The summed E-state index contributed by atoms with van der Waals surface area (Å²) in [5.74, 6) is -0.955. The molecule has 20 heavy (non-hydrogen) atoms. The van der Waals surface area contributed by atoms with Crippen LogP contribution in [0, 0.1) is 0 Å². The fraction of sp³-hybridized carbons (Fsp3) is 0.188. The number of benzene rings is 2. The van der Waals surface area contributed by atoms with Crippen LogP contribution in [0.3, 0.4) is 0 Å². The van der Waals surface area contributed by atoms with Crippen LogP contribution in [0.1, 0.15) is 22.8 Å². The Morgan fingerprint density at radius 2 is 2.00 bits per heavy atom. The molecular weight excluding hydrogens is 252 g/mol. The first-order valence-electron chi connectivity index (χ1n) is 6.58. The molecule has 4 nitrogen and oxygen atoms in total. The Morgan fingerprint density at radius 3 is 2.75 bits per heavy atom. The number of hydrogen-bond donors (Lipinski definition) is 2. The average Bonchev–Trinajstić information content (AvgIpc) is 2.74. The van der Waals surface area contributed by atoms with Crippen LogP contribution in [0.4, 0.5) is 17.1 Å². The summed E-state index contributed by atoms with van der Waals surface area (Å²) in [6.07, 6.45) is 0.892. The zero-order valence-electron chi connectivity index (χ0n) is 11.2. The van der Waals surface area contributed by atoms with Crippen molar-refractivity contribution in [3.05, 3.63) is 53.6 Å². The molecule has 2 aromatic rings. The average molecular weight is 268 g/mol. The lowest BCUT2D eigenvalue weighted by atomic mass is 10.1. The number of carboxylic acid groups (broad SMARTS) is 1. The number of nitrogens with two attached hydrogens (primary N) is 1. The lowest BCUT2D eigenvalue weighted by Crippen LogP contribution is -2.26. The summed E-state index contributed by atoms with van der Waals surface area (Å²) in [6, 6.07) is 13.3. The smallest absolute Gasteiger partial charge is 0.337 e. The molecular formula is C16H16N2O2. The van der Waals surface area contributed by atoms with Crippen molar-refractivity contribution in [1.29, 1.82) is 0 Å². The van der Waals surface area contributed by atoms with E-state index in [1.807, 2.05) is 23.1 Å². The van der Waals surface area contributed by atoms with E-state index in [4.69, 9.17) is 5.73 Å². The molecule has 0 aliphatic carbocycles. The highest BCUT2D eigenvalue weighted by Gasteiger charge is 2.30. The predicted molar refractivity (Wildman–Crippen MR) is 79.6 cm³/mol. The summed E-state index contributed by atoms with van der Waals surface area (Å²) in [5, 5.41) is 9.40. The van der Waals surface area contributed by atoms with E-state index in [0.29, 0.717) is 11.4 Å². The van der Waals surface area contributed by atoms with Gasteiger partial charge in [-0.2, -0.15) is 0 Å². The topological polar surface area (TPSA) is 66.6 Å². The van der Waals surface area contributed by atoms with E-state index < -0.39 is 5.97 Å². The molecule has 1 heterocycles. The Balaban J connectivity index is 2.22. The molecule has 0 amide bonds. The van der Waals surface area contributed by atoms with Crippen LogP contribution in [-0.2, 0) is 6.42 Å². The summed E-state index contributed by atoms with van der Waals surface area (Å²) < 4.78 is 0. The van der Waals surface area contributed by atoms with Gasteiger partial charge >= 0.3 is 5.97 Å². The van der Waals surface area contributed by atoms with Gasteiger partial charge in [0.05, 0.1) is 16.9 Å². The van der Waals surface area contributed by atoms with Crippen molar-refractivity contribution in [3.63, 3.8) is 0 Å². The molecule has 0 spiro atoms. The van der Waals surface area contributed by atoms with E-state index in [9.17, 15) is 9.90 Å². The van der Waals surface area contributed by atoms with Gasteiger partial charge in [-0.3, -0.25) is 0 Å². The number of para-hydroxylation sites is 2. The fourth-order valence-corrected chi connectivity index (χ4v) is 2.91. The largest absolute Gasteiger partial charge is 0.478 e. The van der Waals surface area contributed by atoms with E-state index in [-0.39, 0.29) is 11.6 Å². The SMILES string of the molecule is CC1Cc2ccccc2N1c1c(N)cccc1C(=O)O. The number of carboxylic acids is 1. The second-order valence-corrected chi connectivity index (χ2v) is 5.10. The zero-order chi connectivity index (χ0) is 14.3. The highest BCUT2D eigenvalue weighted by Crippen LogP contribution is 2.42. The first-order chi connectivity index (χ1) is 9.59. The van der Waals surface area contributed by atoms with E-state index in [2.05, 4.69) is 13.0 Å². The van der Waals surface area contributed by atoms with Crippen molar-refractivity contribution < 1.29 is 9.90 Å². The van der Waals surface area contributed by atoms with Crippen LogP contribution in [0.15, 0.2) is 42.5 Å². The molecule has 1 unspecified atom stereocenters. The number of aromatic carboxylic acids is 1. The van der Waals surface area contributed by atoms with Gasteiger partial charge in [0.25, 0.3) is 0 Å². The van der Waals surface area contributed by atoms with E-state index in [0.717, 1.165) is 12.1 Å². The predicted octanol–water partition coefficient (Wildman–Crippen LogP) is 3.05. The quantitative estimate of drug-likeness (QED) is 0.821. The molecule has 3 rings (SSSR count). The third-order valence-electron chi connectivity index (χ3n) is 3.75. The summed E-state index contributed by atoms with van der Waals surface area (Å²) in [7, 11) is 0. The third-order valence-corrected chi connectivity index (χ3v) is 3.75. The number of anilines is 3. The zero-order valence-corrected chi connectivity index (χ0v) is 11.2. The Morgan fingerprint density at radius 1 is 1.25 bits per heavy atom. The molecule has 0 radical (unpaired) electrons. The Hall–Kier alpha value is -2.49. The summed E-state index contributed by atoms with van der Waals surface area (Å²) >= 11 is 0. The fourth-order valence-electron chi connectivity index (χ4n) is 2.91. The number of fused-ring (bicyclic) bond motifs is 1. The van der Waals surface area contributed by atoms with Crippen LogP contribution >= 0.6 is 0 Å². The maximum absolute atomic E-state index is 11.5. The Kier molecular flexibility index (Phi) is 2.86. The maximum atomic E-state index is 11.5. The van der Waals surface area contributed by atoms with E-state index >= 15 is 0 Å². The minimum absolute atomic E-state index is 0.190. The minimum Gasteiger partial charge on any atom is -0.478 e. The van der Waals surface area contributed by atoms with E-state index in [1.54, 1.807) is 18.2 Å². The lowest BCUT2D eigenvalue weighted by molar-refractivity contribution is 0.0697. The van der Waals surface area contributed by atoms with Gasteiger partial charge in [0.1, 0.15) is 0 Å². The van der Waals surface area contributed by atoms with Crippen molar-refractivity contribution in [2.45, 2.75) is 19.4 Å². The minimum atomic E-state index is -0.955. The van der Waals surface area contributed by atoms with Gasteiger partial charge in [-0.1, -0.05) is 24.3 Å². The van der Waals surface area contributed by atoms with Crippen molar-refractivity contribution in [3.8, 4) is 0 Å². The molecule has 3 N–H and O–H groups in total. The van der Waals surface area contributed by atoms with Crippen LogP contribution in [0.25, 0.3) is 0 Å². The molecule has 2 aromatic carbocycles. The molecule has 0 fully saturated rings. The molecule has 0 saturated carbocycles. The number of nitrogens with zero attached hydrogens (tertiary/aromatic N) is 1. The number of carbonyl (C=O) groups is 1. The van der Waals surface area contributed by atoms with Crippen molar-refractivity contribution >= 4 is 23.0 Å². The molecule has 0 aromatic heterocycles. The van der Waals surface area contributed by atoms with Crippen molar-refractivity contribution in [2.24, 2.45) is 0 Å². The maximum Gasteiger partial charge on any atom is 0.337 e. The van der Waals surface area contributed by atoms with Gasteiger partial charge in [-0.25, -0.2) is 4.79 Å². The first-order valence-corrected chi connectivity index (χ1v) is 6.58. The van der Waals surface area contributed by atoms with Crippen molar-refractivity contribution in [1.82, 2.24) is 0 Å². The van der Waals surface area contributed by atoms with Gasteiger partial charge < -0.3 is 15.7 Å². The Bertz CT molecular complexity index is 682. The molecule has 1 aliphatic rings. The van der Waals surface area contributed by atoms with Crippen LogP contribution < -0.4 is 10.6 Å². The van der Waals surface area contributed by atoms with Gasteiger partial charge in [0.2, 0.25) is 0 Å². The van der Waals surface area contributed by atoms with Gasteiger partial charge in [-0.15, -0.1) is 0 Å². The van der Waals surface area contributed by atoms with E-state index in [1.165, 1.54) is 5.56 Å². The summed E-state index contributed by atoms with van der Waals surface area (Å²) in [5.41, 5.74) is 9.65. The normalized spacial score (nSPS) is 17.1. The molecule has 102 valence electrons. The second kappa shape index (κ2) is 4.56. The van der Waals surface area contributed by atoms with Crippen LogP contribution in [0.2, 0.25) is 0 Å². The number of hydrogen-bond acceptors (Lipinski definition) is 3. The monoisotopic (exact) mass is 268 g/mol. The highest BCUT2D eigenvalue weighted by atomic mass is 16.4. The van der Waals surface area contributed by atoms with Gasteiger partial charge in [0, 0.05) is 11.7 Å². The lowest BCUT2D eigenvalue weighted by Gasteiger charge is -2.27. The molecule has 1 atom stereocenters. The van der Waals surface area contributed by atoms with Crippen LogP contribution in [0.5, 0.6) is 0 Å². The van der Waals surface area contributed by atoms with Gasteiger partial charge in [0.15, 0.2) is 0 Å². The standard InChI is InChI=1S/C16H16N2O2/c1-10-9-11-5-2-3-8-14(11)18(10)15-12(16(19)20)6-4-7-13(15)17/h2-8,10H,9,17H2,1H3,(H,19,20). The summed E-state index contributed by atoms with van der Waals surface area (Å²) in [6.45, 7) is 2.08.